The lowest BCUT2D eigenvalue weighted by molar-refractivity contribution is -0.134. The van der Waals surface area contributed by atoms with Crippen molar-refractivity contribution < 1.29 is 9.63 Å². The van der Waals surface area contributed by atoms with E-state index < -0.39 is 0 Å². The Morgan fingerprint density at radius 2 is 2.06 bits per heavy atom. The molecule has 0 saturated heterocycles. The van der Waals surface area contributed by atoms with Crippen LogP contribution >= 0.6 is 0 Å². The third kappa shape index (κ3) is 4.91. The van der Waals surface area contributed by atoms with Crippen molar-refractivity contribution in [1.29, 1.82) is 0 Å². The minimum atomic E-state index is -0.125. The van der Waals surface area contributed by atoms with E-state index in [0.29, 0.717) is 13.2 Å². The average Bonchev–Trinajstić information content (AvgIpc) is 2.27. The number of benzene rings is 1. The molecule has 88 valence electrons. The molecule has 4 heteroatoms. The van der Waals surface area contributed by atoms with E-state index in [-0.39, 0.29) is 5.91 Å². The zero-order valence-electron chi connectivity index (χ0n) is 9.77. The van der Waals surface area contributed by atoms with Crippen LogP contribution in [0.1, 0.15) is 12.5 Å². The molecule has 0 atom stereocenters. The Balaban J connectivity index is 2.30. The van der Waals surface area contributed by atoms with E-state index >= 15 is 0 Å². The van der Waals surface area contributed by atoms with Gasteiger partial charge in [0.1, 0.15) is 0 Å². The third-order valence-electron chi connectivity index (χ3n) is 2.04. The SMILES string of the molecule is CCONC(=O)CN(C)Cc1ccccc1. The molecule has 0 aliphatic heterocycles. The van der Waals surface area contributed by atoms with Gasteiger partial charge in [-0.25, -0.2) is 5.48 Å². The molecular weight excluding hydrogens is 204 g/mol. The summed E-state index contributed by atoms with van der Waals surface area (Å²) in [5.41, 5.74) is 3.56. The van der Waals surface area contributed by atoms with Gasteiger partial charge in [0.25, 0.3) is 5.91 Å². The predicted molar refractivity (Wildman–Crippen MR) is 62.5 cm³/mol. The molecule has 0 heterocycles. The molecule has 1 amide bonds. The number of carbonyl (C=O) groups is 1. The number of hydroxylamine groups is 1. The van der Waals surface area contributed by atoms with Gasteiger partial charge >= 0.3 is 0 Å². The molecule has 0 unspecified atom stereocenters. The topological polar surface area (TPSA) is 41.6 Å². The van der Waals surface area contributed by atoms with Crippen LogP contribution in [0.4, 0.5) is 0 Å². The van der Waals surface area contributed by atoms with Gasteiger partial charge in [0.05, 0.1) is 13.2 Å². The van der Waals surface area contributed by atoms with Crippen LogP contribution in [-0.2, 0) is 16.2 Å². The highest BCUT2D eigenvalue weighted by Crippen LogP contribution is 2.01. The van der Waals surface area contributed by atoms with E-state index in [1.165, 1.54) is 5.56 Å². The maximum atomic E-state index is 11.3. The van der Waals surface area contributed by atoms with Crippen LogP contribution in [0.15, 0.2) is 30.3 Å². The lowest BCUT2D eigenvalue weighted by Crippen LogP contribution is -2.34. The van der Waals surface area contributed by atoms with Crippen LogP contribution in [-0.4, -0.2) is 31.0 Å². The molecule has 1 N–H and O–H groups in total. The monoisotopic (exact) mass is 222 g/mol. The van der Waals surface area contributed by atoms with Crippen LogP contribution in [0.5, 0.6) is 0 Å². The molecule has 4 nitrogen and oxygen atoms in total. The molecule has 0 bridgehead atoms. The summed E-state index contributed by atoms with van der Waals surface area (Å²) in [4.78, 5) is 18.1. The second-order valence-corrected chi connectivity index (χ2v) is 3.62. The number of nitrogens with zero attached hydrogens (tertiary/aromatic N) is 1. The maximum Gasteiger partial charge on any atom is 0.257 e. The summed E-state index contributed by atoms with van der Waals surface area (Å²) in [6.07, 6.45) is 0. The van der Waals surface area contributed by atoms with Crippen LogP contribution in [0.3, 0.4) is 0 Å². The summed E-state index contributed by atoms with van der Waals surface area (Å²) in [5, 5.41) is 0. The minimum Gasteiger partial charge on any atom is -0.293 e. The number of likely N-dealkylation sites (N-methyl/N-ethyl adjacent to an activating group) is 1. The molecule has 0 aliphatic rings. The first-order valence-electron chi connectivity index (χ1n) is 5.35. The molecule has 0 fully saturated rings. The largest absolute Gasteiger partial charge is 0.293 e. The van der Waals surface area contributed by atoms with Crippen molar-refractivity contribution in [2.24, 2.45) is 0 Å². The molecule has 0 spiro atoms. The van der Waals surface area contributed by atoms with Crippen LogP contribution in [0.25, 0.3) is 0 Å². The van der Waals surface area contributed by atoms with Gasteiger partial charge < -0.3 is 0 Å². The van der Waals surface area contributed by atoms with E-state index in [0.717, 1.165) is 6.54 Å². The zero-order valence-corrected chi connectivity index (χ0v) is 9.77. The highest BCUT2D eigenvalue weighted by atomic mass is 16.6. The van der Waals surface area contributed by atoms with Crippen molar-refractivity contribution in [1.82, 2.24) is 10.4 Å². The van der Waals surface area contributed by atoms with E-state index in [9.17, 15) is 4.79 Å². The lowest BCUT2D eigenvalue weighted by atomic mass is 10.2. The number of hydrogen-bond donors (Lipinski definition) is 1. The summed E-state index contributed by atoms with van der Waals surface area (Å²) in [6.45, 7) is 3.39. The van der Waals surface area contributed by atoms with Gasteiger partial charge in [-0.3, -0.25) is 14.5 Å². The standard InChI is InChI=1S/C12H18N2O2/c1-3-16-13-12(15)10-14(2)9-11-7-5-4-6-8-11/h4-8H,3,9-10H2,1-2H3,(H,13,15). The Kier molecular flexibility index (Phi) is 5.53. The fourth-order valence-electron chi connectivity index (χ4n) is 1.38. The van der Waals surface area contributed by atoms with Gasteiger partial charge in [-0.15, -0.1) is 0 Å². The highest BCUT2D eigenvalue weighted by molar-refractivity contribution is 5.76. The maximum absolute atomic E-state index is 11.3. The van der Waals surface area contributed by atoms with Crippen LogP contribution < -0.4 is 5.48 Å². The van der Waals surface area contributed by atoms with Crippen molar-refractivity contribution in [2.45, 2.75) is 13.5 Å². The molecule has 1 rings (SSSR count). The van der Waals surface area contributed by atoms with Crippen molar-refractivity contribution >= 4 is 5.91 Å². The Hall–Kier alpha value is -1.39. The van der Waals surface area contributed by atoms with Gasteiger partial charge in [-0.2, -0.15) is 0 Å². The van der Waals surface area contributed by atoms with Crippen molar-refractivity contribution in [2.75, 3.05) is 20.2 Å². The predicted octanol–water partition coefficient (Wildman–Crippen LogP) is 1.19. The Morgan fingerprint density at radius 3 is 2.69 bits per heavy atom. The molecule has 1 aromatic carbocycles. The van der Waals surface area contributed by atoms with Crippen LogP contribution in [0, 0.1) is 0 Å². The lowest BCUT2D eigenvalue weighted by Gasteiger charge is -2.15. The number of amides is 1. The normalized spacial score (nSPS) is 10.4. The van der Waals surface area contributed by atoms with Gasteiger partial charge in [0.15, 0.2) is 0 Å². The van der Waals surface area contributed by atoms with Gasteiger partial charge in [0.2, 0.25) is 0 Å². The highest BCUT2D eigenvalue weighted by Gasteiger charge is 2.06. The van der Waals surface area contributed by atoms with Crippen molar-refractivity contribution in [3.05, 3.63) is 35.9 Å². The summed E-state index contributed by atoms with van der Waals surface area (Å²) in [5.74, 6) is -0.125. The number of rotatable bonds is 6. The van der Waals surface area contributed by atoms with E-state index in [1.54, 1.807) is 0 Å². The molecule has 16 heavy (non-hydrogen) atoms. The van der Waals surface area contributed by atoms with Crippen molar-refractivity contribution in [3.8, 4) is 0 Å². The number of carbonyl (C=O) groups excluding carboxylic acids is 1. The minimum absolute atomic E-state index is 0.125. The molecule has 0 aliphatic carbocycles. The smallest absolute Gasteiger partial charge is 0.257 e. The fraction of sp³-hybridized carbons (Fsp3) is 0.417. The fourth-order valence-corrected chi connectivity index (χ4v) is 1.38. The molecule has 0 saturated carbocycles. The Labute approximate surface area is 96.2 Å². The summed E-state index contributed by atoms with van der Waals surface area (Å²) < 4.78 is 0. The summed E-state index contributed by atoms with van der Waals surface area (Å²) >= 11 is 0. The summed E-state index contributed by atoms with van der Waals surface area (Å²) in [7, 11) is 1.90. The molecule has 0 aromatic heterocycles. The first-order chi connectivity index (χ1) is 7.72. The first kappa shape index (κ1) is 12.7. The number of nitrogens with one attached hydrogen (secondary N) is 1. The van der Waals surface area contributed by atoms with E-state index in [4.69, 9.17) is 4.84 Å². The van der Waals surface area contributed by atoms with Gasteiger partial charge in [0, 0.05) is 6.54 Å². The quantitative estimate of drug-likeness (QED) is 0.735. The average molecular weight is 222 g/mol. The van der Waals surface area contributed by atoms with E-state index in [2.05, 4.69) is 5.48 Å². The molecular formula is C12H18N2O2. The molecule has 1 aromatic rings. The Bertz CT molecular complexity index is 314. The second-order valence-electron chi connectivity index (χ2n) is 3.62. The van der Waals surface area contributed by atoms with Gasteiger partial charge in [-0.1, -0.05) is 30.3 Å². The van der Waals surface area contributed by atoms with E-state index in [1.807, 2.05) is 49.2 Å². The Morgan fingerprint density at radius 1 is 1.38 bits per heavy atom. The van der Waals surface area contributed by atoms with Crippen molar-refractivity contribution in [3.63, 3.8) is 0 Å². The second kappa shape index (κ2) is 6.98. The molecule has 0 radical (unpaired) electrons. The first-order valence-corrected chi connectivity index (χ1v) is 5.35. The summed E-state index contributed by atoms with van der Waals surface area (Å²) in [6, 6.07) is 10.0. The zero-order chi connectivity index (χ0) is 11.8. The van der Waals surface area contributed by atoms with Gasteiger partial charge in [-0.05, 0) is 19.5 Å². The number of hydrogen-bond acceptors (Lipinski definition) is 3. The third-order valence-corrected chi connectivity index (χ3v) is 2.04. The van der Waals surface area contributed by atoms with Crippen LogP contribution in [0.2, 0.25) is 0 Å².